The number of fused-ring (bicyclic) bond motifs is 1. The van der Waals surface area contributed by atoms with Crippen molar-refractivity contribution in [1.29, 1.82) is 0 Å². The summed E-state index contributed by atoms with van der Waals surface area (Å²) in [5.41, 5.74) is 3.00. The van der Waals surface area contributed by atoms with Gasteiger partial charge in [0, 0.05) is 13.6 Å². The predicted molar refractivity (Wildman–Crippen MR) is 88.5 cm³/mol. The minimum Gasteiger partial charge on any atom is -0.337 e. The zero-order chi connectivity index (χ0) is 17.0. The number of nitrogens with zero attached hydrogens (tertiary/aromatic N) is 2. The van der Waals surface area contributed by atoms with Crippen LogP contribution in [0.3, 0.4) is 0 Å². The van der Waals surface area contributed by atoms with E-state index in [2.05, 4.69) is 20.3 Å². The second-order valence-electron chi connectivity index (χ2n) is 5.21. The Morgan fingerprint density at radius 3 is 2.74 bits per heavy atom. The second kappa shape index (κ2) is 6.97. The molecule has 23 heavy (non-hydrogen) atoms. The number of hydrogen-bond donors (Lipinski definition) is 3. The summed E-state index contributed by atoms with van der Waals surface area (Å²) in [6.45, 7) is 2.30. The molecule has 126 valence electrons. The van der Waals surface area contributed by atoms with E-state index < -0.39 is 16.1 Å². The van der Waals surface area contributed by atoms with Crippen LogP contribution >= 0.6 is 0 Å². The molecule has 1 heterocycles. The lowest BCUT2D eigenvalue weighted by Gasteiger charge is -2.08. The van der Waals surface area contributed by atoms with Gasteiger partial charge in [-0.15, -0.1) is 0 Å². The van der Waals surface area contributed by atoms with Crippen LogP contribution in [-0.4, -0.2) is 43.3 Å². The largest absolute Gasteiger partial charge is 0.337 e. The number of carbonyl (C=O) groups excluding carboxylic acids is 1. The Hall–Kier alpha value is -2.13. The predicted octanol–water partition coefficient (Wildman–Crippen LogP) is 0.230. The maximum absolute atomic E-state index is 11.7. The van der Waals surface area contributed by atoms with Gasteiger partial charge < -0.3 is 15.2 Å². The van der Waals surface area contributed by atoms with Crippen molar-refractivity contribution in [2.24, 2.45) is 7.05 Å². The highest BCUT2D eigenvalue weighted by Gasteiger charge is 2.10. The fraction of sp³-hybridized carbons (Fsp3) is 0.429. The van der Waals surface area contributed by atoms with Gasteiger partial charge in [0.25, 0.3) is 0 Å². The van der Waals surface area contributed by atoms with E-state index in [1.807, 2.05) is 36.7 Å². The topological polar surface area (TPSA) is 105 Å². The zero-order valence-corrected chi connectivity index (χ0v) is 14.2. The van der Waals surface area contributed by atoms with E-state index in [-0.39, 0.29) is 18.8 Å². The van der Waals surface area contributed by atoms with E-state index in [4.69, 9.17) is 0 Å². The van der Waals surface area contributed by atoms with Crippen LogP contribution in [0.15, 0.2) is 18.2 Å². The van der Waals surface area contributed by atoms with Gasteiger partial charge in [0.2, 0.25) is 10.0 Å². The molecule has 1 aromatic carbocycles. The molecular formula is C14H21N5O3S. The summed E-state index contributed by atoms with van der Waals surface area (Å²) in [5.74, 6) is 0.561. The Bertz CT molecular complexity index is 813. The van der Waals surface area contributed by atoms with Gasteiger partial charge in [-0.3, -0.25) is 0 Å². The van der Waals surface area contributed by atoms with Crippen molar-refractivity contribution in [1.82, 2.24) is 24.9 Å². The quantitative estimate of drug-likeness (QED) is 0.700. The van der Waals surface area contributed by atoms with Crippen molar-refractivity contribution in [2.75, 3.05) is 19.3 Å². The Morgan fingerprint density at radius 2 is 2.04 bits per heavy atom. The number of aryl methyl sites for hydroxylation is 2. The molecule has 2 amide bonds. The molecule has 0 saturated heterocycles. The van der Waals surface area contributed by atoms with Crippen LogP contribution in [0, 0.1) is 6.92 Å². The third kappa shape index (κ3) is 4.42. The number of rotatable bonds is 6. The number of carbonyl (C=O) groups is 1. The number of hydrogen-bond acceptors (Lipinski definition) is 4. The van der Waals surface area contributed by atoms with Crippen LogP contribution in [0.4, 0.5) is 4.79 Å². The van der Waals surface area contributed by atoms with E-state index in [1.165, 1.54) is 7.05 Å². The molecule has 0 fully saturated rings. The molecule has 0 spiro atoms. The van der Waals surface area contributed by atoms with Gasteiger partial charge in [-0.2, -0.15) is 0 Å². The maximum atomic E-state index is 11.7. The van der Waals surface area contributed by atoms with Crippen LogP contribution < -0.4 is 15.4 Å². The zero-order valence-electron chi connectivity index (χ0n) is 13.4. The summed E-state index contributed by atoms with van der Waals surface area (Å²) in [6.07, 6.45) is 0. The molecule has 2 aromatic rings. The number of sulfonamides is 1. The molecule has 0 radical (unpaired) electrons. The third-order valence-electron chi connectivity index (χ3n) is 3.50. The molecule has 0 saturated carbocycles. The minimum atomic E-state index is -3.32. The lowest BCUT2D eigenvalue weighted by molar-refractivity contribution is 0.240. The van der Waals surface area contributed by atoms with Gasteiger partial charge >= 0.3 is 6.03 Å². The third-order valence-corrected chi connectivity index (χ3v) is 4.87. The fourth-order valence-corrected chi connectivity index (χ4v) is 2.72. The summed E-state index contributed by atoms with van der Waals surface area (Å²) in [7, 11) is -0.0952. The standard InChI is InChI=1S/C14H21N5O3S/c1-10-4-5-12-11(8-10)18-13(19(12)3)9-17-14(20)16-6-7-23(21,22)15-2/h4-5,8,15H,6-7,9H2,1-3H3,(H2,16,17,20). The highest BCUT2D eigenvalue weighted by molar-refractivity contribution is 7.89. The van der Waals surface area contributed by atoms with Gasteiger partial charge in [0.15, 0.2) is 0 Å². The number of aromatic nitrogens is 2. The molecule has 2 rings (SSSR count). The first kappa shape index (κ1) is 17.2. The average Bonchev–Trinajstić information content (AvgIpc) is 2.80. The average molecular weight is 339 g/mol. The Labute approximate surface area is 135 Å². The van der Waals surface area contributed by atoms with Crippen LogP contribution in [0.25, 0.3) is 11.0 Å². The molecule has 0 aliphatic rings. The van der Waals surface area contributed by atoms with E-state index in [0.717, 1.165) is 22.4 Å². The maximum Gasteiger partial charge on any atom is 0.315 e. The molecule has 0 aliphatic heterocycles. The van der Waals surface area contributed by atoms with Gasteiger partial charge in [-0.1, -0.05) is 6.07 Å². The van der Waals surface area contributed by atoms with Crippen LogP contribution in [0.1, 0.15) is 11.4 Å². The molecule has 8 nitrogen and oxygen atoms in total. The Kier molecular flexibility index (Phi) is 5.22. The molecule has 0 atom stereocenters. The van der Waals surface area contributed by atoms with Gasteiger partial charge in [-0.25, -0.2) is 22.9 Å². The summed E-state index contributed by atoms with van der Waals surface area (Å²) in [5, 5.41) is 5.17. The van der Waals surface area contributed by atoms with Crippen molar-refractivity contribution >= 4 is 27.1 Å². The van der Waals surface area contributed by atoms with Crippen LogP contribution in [-0.2, 0) is 23.6 Å². The lowest BCUT2D eigenvalue weighted by atomic mass is 10.2. The van der Waals surface area contributed by atoms with Crippen LogP contribution in [0.2, 0.25) is 0 Å². The van der Waals surface area contributed by atoms with Crippen molar-refractivity contribution < 1.29 is 13.2 Å². The molecule has 0 aliphatic carbocycles. The van der Waals surface area contributed by atoms with E-state index in [0.29, 0.717) is 0 Å². The summed E-state index contributed by atoms with van der Waals surface area (Å²) in [6, 6.07) is 5.56. The van der Waals surface area contributed by atoms with Crippen molar-refractivity contribution in [3.8, 4) is 0 Å². The van der Waals surface area contributed by atoms with Crippen molar-refractivity contribution in [3.05, 3.63) is 29.6 Å². The molecular weight excluding hydrogens is 318 g/mol. The number of benzene rings is 1. The smallest absolute Gasteiger partial charge is 0.315 e. The van der Waals surface area contributed by atoms with Gasteiger partial charge in [0.1, 0.15) is 5.82 Å². The summed E-state index contributed by atoms with van der Waals surface area (Å²) >= 11 is 0. The first-order valence-electron chi connectivity index (χ1n) is 7.17. The SMILES string of the molecule is CNS(=O)(=O)CCNC(=O)NCc1nc2cc(C)ccc2n1C. The van der Waals surface area contributed by atoms with E-state index >= 15 is 0 Å². The Balaban J connectivity index is 1.91. The van der Waals surface area contributed by atoms with Crippen molar-refractivity contribution in [2.45, 2.75) is 13.5 Å². The monoisotopic (exact) mass is 339 g/mol. The Morgan fingerprint density at radius 1 is 1.30 bits per heavy atom. The molecule has 3 N–H and O–H groups in total. The number of urea groups is 1. The molecule has 9 heteroatoms. The fourth-order valence-electron chi connectivity index (χ4n) is 2.14. The molecule has 0 bridgehead atoms. The van der Waals surface area contributed by atoms with Crippen LogP contribution in [0.5, 0.6) is 0 Å². The number of amides is 2. The summed E-state index contributed by atoms with van der Waals surface area (Å²) < 4.78 is 26.6. The summed E-state index contributed by atoms with van der Waals surface area (Å²) in [4.78, 5) is 16.2. The second-order valence-corrected chi connectivity index (χ2v) is 7.26. The van der Waals surface area contributed by atoms with Crippen molar-refractivity contribution in [3.63, 3.8) is 0 Å². The highest BCUT2D eigenvalue weighted by Crippen LogP contribution is 2.16. The van der Waals surface area contributed by atoms with E-state index in [1.54, 1.807) is 0 Å². The van der Waals surface area contributed by atoms with Gasteiger partial charge in [-0.05, 0) is 31.7 Å². The van der Waals surface area contributed by atoms with Gasteiger partial charge in [0.05, 0.1) is 23.3 Å². The first-order chi connectivity index (χ1) is 10.8. The molecule has 0 unspecified atom stereocenters. The minimum absolute atomic E-state index is 0.0384. The molecule has 1 aromatic heterocycles. The number of nitrogens with one attached hydrogen (secondary N) is 3. The highest BCUT2D eigenvalue weighted by atomic mass is 32.2. The van der Waals surface area contributed by atoms with E-state index in [9.17, 15) is 13.2 Å². The lowest BCUT2D eigenvalue weighted by Crippen LogP contribution is -2.39. The number of imidazole rings is 1. The normalized spacial score (nSPS) is 11.6. The first-order valence-corrected chi connectivity index (χ1v) is 8.82.